The van der Waals surface area contributed by atoms with Crippen LogP contribution in [0.4, 0.5) is 17.3 Å². The van der Waals surface area contributed by atoms with E-state index in [1.807, 2.05) is 0 Å². The van der Waals surface area contributed by atoms with Crippen LogP contribution in [-0.2, 0) is 10.0 Å². The number of halogens is 1. The van der Waals surface area contributed by atoms with E-state index in [4.69, 9.17) is 21.8 Å². The van der Waals surface area contributed by atoms with Gasteiger partial charge in [0.15, 0.2) is 0 Å². The molecule has 0 amide bonds. The summed E-state index contributed by atoms with van der Waals surface area (Å²) in [5.41, 5.74) is 8.22. The van der Waals surface area contributed by atoms with Crippen molar-refractivity contribution in [3.05, 3.63) is 71.4 Å². The first-order chi connectivity index (χ1) is 12.9. The molecule has 4 rings (SSSR count). The second-order valence-electron chi connectivity index (χ2n) is 5.89. The van der Waals surface area contributed by atoms with Crippen molar-refractivity contribution in [2.24, 2.45) is 10.7 Å². The molecule has 0 saturated heterocycles. The van der Waals surface area contributed by atoms with Gasteiger partial charge in [0.05, 0.1) is 16.7 Å². The molecular weight excluding hydrogens is 388 g/mol. The maximum Gasteiger partial charge on any atom is 0.261 e. The van der Waals surface area contributed by atoms with Crippen molar-refractivity contribution in [3.63, 3.8) is 0 Å². The summed E-state index contributed by atoms with van der Waals surface area (Å²) >= 11 is 5.87. The highest BCUT2D eigenvalue weighted by Crippen LogP contribution is 2.34. The number of anilines is 2. The fourth-order valence-corrected chi connectivity index (χ4v) is 4.11. The Hall–Kier alpha value is -2.81. The lowest BCUT2D eigenvalue weighted by molar-refractivity contribution is 0.567. The number of sulfonamides is 1. The number of nitrogens with two attached hydrogens (primary N) is 1. The number of furan rings is 1. The molecular formula is C18H15ClN4O3S. The van der Waals surface area contributed by atoms with E-state index < -0.39 is 16.2 Å². The van der Waals surface area contributed by atoms with Crippen molar-refractivity contribution >= 4 is 45.2 Å². The third-order valence-corrected chi connectivity index (χ3v) is 5.73. The number of nitrogens with zero attached hydrogens (tertiary/aromatic N) is 2. The molecule has 2 aromatic carbocycles. The van der Waals surface area contributed by atoms with Gasteiger partial charge >= 0.3 is 0 Å². The minimum absolute atomic E-state index is 0.0942. The fourth-order valence-electron chi connectivity index (χ4n) is 2.75. The highest BCUT2D eigenvalue weighted by Gasteiger charge is 2.24. The second-order valence-corrected chi connectivity index (χ2v) is 8.01. The number of fused-ring (bicyclic) bond motifs is 1. The maximum atomic E-state index is 12.5. The molecule has 138 valence electrons. The Kier molecular flexibility index (Phi) is 4.39. The zero-order chi connectivity index (χ0) is 19.0. The minimum Gasteiger partial charge on any atom is -0.446 e. The van der Waals surface area contributed by atoms with Gasteiger partial charge in [0.2, 0.25) is 5.88 Å². The SMILES string of the molecule is NC1c2ccoc2N=CN1c1ccc(NS(=O)(=O)c2cccc(Cl)c2)cc1. The van der Waals surface area contributed by atoms with Crippen molar-refractivity contribution < 1.29 is 12.8 Å². The zero-order valence-electron chi connectivity index (χ0n) is 13.9. The van der Waals surface area contributed by atoms with Crippen molar-refractivity contribution in [2.75, 3.05) is 9.62 Å². The van der Waals surface area contributed by atoms with Gasteiger partial charge in [-0.2, -0.15) is 0 Å². The van der Waals surface area contributed by atoms with E-state index in [2.05, 4.69) is 9.71 Å². The molecule has 0 aliphatic carbocycles. The van der Waals surface area contributed by atoms with Crippen LogP contribution in [0.5, 0.6) is 0 Å². The Morgan fingerprint density at radius 3 is 2.67 bits per heavy atom. The molecule has 1 aliphatic heterocycles. The lowest BCUT2D eigenvalue weighted by Gasteiger charge is -2.29. The van der Waals surface area contributed by atoms with Crippen LogP contribution < -0.4 is 15.4 Å². The number of hydrogen-bond acceptors (Lipinski definition) is 6. The largest absolute Gasteiger partial charge is 0.446 e. The molecule has 1 aliphatic rings. The number of nitrogens with one attached hydrogen (secondary N) is 1. The molecule has 1 unspecified atom stereocenters. The molecule has 0 saturated carbocycles. The number of rotatable bonds is 4. The monoisotopic (exact) mass is 402 g/mol. The molecule has 0 fully saturated rings. The highest BCUT2D eigenvalue weighted by molar-refractivity contribution is 7.92. The average molecular weight is 403 g/mol. The first-order valence-electron chi connectivity index (χ1n) is 7.98. The quantitative estimate of drug-likeness (QED) is 0.689. The predicted octanol–water partition coefficient (Wildman–Crippen LogP) is 3.87. The third kappa shape index (κ3) is 3.42. The summed E-state index contributed by atoms with van der Waals surface area (Å²) in [5.74, 6) is 0.490. The number of hydrogen-bond donors (Lipinski definition) is 2. The third-order valence-electron chi connectivity index (χ3n) is 4.12. The van der Waals surface area contributed by atoms with E-state index in [9.17, 15) is 8.42 Å². The molecule has 9 heteroatoms. The van der Waals surface area contributed by atoms with Gasteiger partial charge in [-0.05, 0) is 48.5 Å². The van der Waals surface area contributed by atoms with Gasteiger partial charge in [0.1, 0.15) is 12.5 Å². The summed E-state index contributed by atoms with van der Waals surface area (Å²) in [6, 6.07) is 14.7. The minimum atomic E-state index is -3.73. The molecule has 1 aromatic heterocycles. The van der Waals surface area contributed by atoms with Gasteiger partial charge in [-0.1, -0.05) is 17.7 Å². The van der Waals surface area contributed by atoms with E-state index in [1.54, 1.807) is 60.0 Å². The number of aliphatic imine (C=N–C) groups is 1. The summed E-state index contributed by atoms with van der Waals surface area (Å²) in [5, 5.41) is 0.352. The van der Waals surface area contributed by atoms with Crippen LogP contribution >= 0.6 is 11.6 Å². The Labute approximate surface area is 161 Å². The molecule has 0 radical (unpaired) electrons. The van der Waals surface area contributed by atoms with Gasteiger partial charge in [-0.15, -0.1) is 0 Å². The molecule has 2 heterocycles. The molecule has 1 atom stereocenters. The van der Waals surface area contributed by atoms with Crippen LogP contribution in [0.1, 0.15) is 11.7 Å². The van der Waals surface area contributed by atoms with E-state index in [0.717, 1.165) is 11.3 Å². The van der Waals surface area contributed by atoms with Gasteiger partial charge < -0.3 is 15.1 Å². The molecule has 3 N–H and O–H groups in total. The number of benzene rings is 2. The molecule has 3 aromatic rings. The van der Waals surface area contributed by atoms with Crippen molar-refractivity contribution in [2.45, 2.75) is 11.1 Å². The van der Waals surface area contributed by atoms with Gasteiger partial charge in [0.25, 0.3) is 10.0 Å². The topological polar surface area (TPSA) is 101 Å². The smallest absolute Gasteiger partial charge is 0.261 e. The van der Waals surface area contributed by atoms with Crippen molar-refractivity contribution in [1.82, 2.24) is 0 Å². The molecule has 27 heavy (non-hydrogen) atoms. The first-order valence-corrected chi connectivity index (χ1v) is 9.84. The Bertz CT molecular complexity index is 1110. The molecule has 0 spiro atoms. The standard InChI is InChI=1S/C18H15ClN4O3S/c19-12-2-1-3-15(10-12)27(24,25)22-13-4-6-14(7-5-13)23-11-21-18-16(17(23)20)8-9-26-18/h1-11,17,22H,20H2. The Morgan fingerprint density at radius 2 is 1.93 bits per heavy atom. The summed E-state index contributed by atoms with van der Waals surface area (Å²) in [7, 11) is -3.73. The van der Waals surface area contributed by atoms with Gasteiger partial charge in [-0.25, -0.2) is 13.4 Å². The van der Waals surface area contributed by atoms with Crippen LogP contribution in [0.15, 0.2) is 75.2 Å². The lowest BCUT2D eigenvalue weighted by atomic mass is 10.2. The van der Waals surface area contributed by atoms with Crippen LogP contribution in [0.2, 0.25) is 5.02 Å². The lowest BCUT2D eigenvalue weighted by Crippen LogP contribution is -2.35. The van der Waals surface area contributed by atoms with E-state index in [0.29, 0.717) is 16.6 Å². The highest BCUT2D eigenvalue weighted by atomic mass is 35.5. The zero-order valence-corrected chi connectivity index (χ0v) is 15.5. The summed E-state index contributed by atoms with van der Waals surface area (Å²) in [4.78, 5) is 6.09. The molecule has 0 bridgehead atoms. The van der Waals surface area contributed by atoms with Crippen LogP contribution in [0.3, 0.4) is 0 Å². The van der Waals surface area contributed by atoms with Crippen LogP contribution in [0.25, 0.3) is 0 Å². The van der Waals surface area contributed by atoms with Crippen LogP contribution in [-0.4, -0.2) is 14.8 Å². The predicted molar refractivity (Wildman–Crippen MR) is 105 cm³/mol. The second kappa shape index (κ2) is 6.73. The van der Waals surface area contributed by atoms with Crippen LogP contribution in [0, 0.1) is 0 Å². The van der Waals surface area contributed by atoms with Gasteiger partial charge in [-0.3, -0.25) is 4.72 Å². The average Bonchev–Trinajstić information content (AvgIpc) is 3.12. The van der Waals surface area contributed by atoms with E-state index in [-0.39, 0.29) is 4.90 Å². The van der Waals surface area contributed by atoms with Crippen molar-refractivity contribution in [3.8, 4) is 0 Å². The normalized spacial score (nSPS) is 16.2. The summed E-state index contributed by atoms with van der Waals surface area (Å²) in [6.07, 6.45) is 2.69. The van der Waals surface area contributed by atoms with E-state index in [1.165, 1.54) is 12.1 Å². The summed E-state index contributed by atoms with van der Waals surface area (Å²) < 4.78 is 32.7. The first kappa shape index (κ1) is 17.6. The Morgan fingerprint density at radius 1 is 1.15 bits per heavy atom. The fraction of sp³-hybridized carbons (Fsp3) is 0.0556. The molecule has 7 nitrogen and oxygen atoms in total. The van der Waals surface area contributed by atoms with E-state index >= 15 is 0 Å². The van der Waals surface area contributed by atoms with Crippen molar-refractivity contribution in [1.29, 1.82) is 0 Å². The maximum absolute atomic E-state index is 12.5. The van der Waals surface area contributed by atoms with Gasteiger partial charge in [0, 0.05) is 16.4 Å². The Balaban J connectivity index is 1.55. The summed E-state index contributed by atoms with van der Waals surface area (Å²) in [6.45, 7) is 0.